The lowest BCUT2D eigenvalue weighted by Crippen LogP contribution is -1.96. The van der Waals surface area contributed by atoms with Crippen molar-refractivity contribution in [2.75, 3.05) is 0 Å². The second kappa shape index (κ2) is 3.49. The predicted molar refractivity (Wildman–Crippen MR) is 52.8 cm³/mol. The normalized spacial score (nSPS) is 9.83. The molecule has 1 aromatic rings. The molecule has 0 amide bonds. The summed E-state index contributed by atoms with van der Waals surface area (Å²) >= 11 is 7.47. The van der Waals surface area contributed by atoms with Crippen molar-refractivity contribution in [3.8, 4) is 5.75 Å². The molecule has 0 spiro atoms. The zero-order valence-corrected chi connectivity index (χ0v) is 8.63. The summed E-state index contributed by atoms with van der Waals surface area (Å²) < 4.78 is 0.458. The molecule has 0 unspecified atom stereocenters. The van der Waals surface area contributed by atoms with Crippen LogP contribution in [0, 0.1) is 3.57 Å². The summed E-state index contributed by atoms with van der Waals surface area (Å²) in [5, 5.41) is 18.0. The first kappa shape index (κ1) is 9.60. The van der Waals surface area contributed by atoms with Gasteiger partial charge in [-0.25, -0.2) is 4.79 Å². The highest BCUT2D eigenvalue weighted by Gasteiger charge is 2.09. The number of carboxylic acids is 1. The summed E-state index contributed by atoms with van der Waals surface area (Å²) in [6.45, 7) is 0. The fourth-order valence-electron chi connectivity index (χ4n) is 0.698. The molecule has 2 N–H and O–H groups in total. The summed E-state index contributed by atoms with van der Waals surface area (Å²) in [6.07, 6.45) is 0. The van der Waals surface area contributed by atoms with Gasteiger partial charge in [0.15, 0.2) is 0 Å². The van der Waals surface area contributed by atoms with E-state index in [0.29, 0.717) is 3.57 Å². The Balaban J connectivity index is 3.31. The molecular weight excluding hydrogens is 294 g/mol. The quantitative estimate of drug-likeness (QED) is 0.783. The first-order valence-corrected chi connectivity index (χ1v) is 4.39. The molecule has 5 heteroatoms. The van der Waals surface area contributed by atoms with Gasteiger partial charge in [-0.05, 0) is 34.7 Å². The lowest BCUT2D eigenvalue weighted by atomic mass is 10.2. The van der Waals surface area contributed by atoms with Crippen molar-refractivity contribution in [3.05, 3.63) is 26.3 Å². The van der Waals surface area contributed by atoms with Crippen LogP contribution in [0.25, 0.3) is 0 Å². The lowest BCUT2D eigenvalue weighted by Gasteiger charge is -2.01. The highest BCUT2D eigenvalue weighted by atomic mass is 127. The maximum Gasteiger partial charge on any atom is 0.335 e. The summed E-state index contributed by atoms with van der Waals surface area (Å²) in [5.41, 5.74) is -0.0158. The molecule has 0 fully saturated rings. The van der Waals surface area contributed by atoms with Crippen LogP contribution in [0.15, 0.2) is 12.1 Å². The Kier molecular flexibility index (Phi) is 2.79. The molecule has 12 heavy (non-hydrogen) atoms. The Morgan fingerprint density at radius 3 is 2.50 bits per heavy atom. The van der Waals surface area contributed by atoms with E-state index in [4.69, 9.17) is 16.7 Å². The van der Waals surface area contributed by atoms with E-state index in [9.17, 15) is 9.90 Å². The van der Waals surface area contributed by atoms with Crippen LogP contribution < -0.4 is 0 Å². The maximum atomic E-state index is 10.4. The Bertz CT molecular complexity index is 314. The smallest absolute Gasteiger partial charge is 0.335 e. The molecule has 0 aliphatic carbocycles. The van der Waals surface area contributed by atoms with E-state index in [2.05, 4.69) is 0 Å². The minimum absolute atomic E-state index is 0.0158. The zero-order chi connectivity index (χ0) is 9.30. The molecule has 0 aromatic heterocycles. The SMILES string of the molecule is O=C(O)c1cc(O)c(I)c(Cl)c1. The van der Waals surface area contributed by atoms with Crippen molar-refractivity contribution in [3.63, 3.8) is 0 Å². The Morgan fingerprint density at radius 2 is 2.08 bits per heavy atom. The second-order valence-corrected chi connectivity index (χ2v) is 3.58. The summed E-state index contributed by atoms with van der Waals surface area (Å²) in [7, 11) is 0. The summed E-state index contributed by atoms with van der Waals surface area (Å²) in [5.74, 6) is -1.22. The monoisotopic (exact) mass is 298 g/mol. The van der Waals surface area contributed by atoms with Gasteiger partial charge in [0.25, 0.3) is 0 Å². The first-order valence-electron chi connectivity index (χ1n) is 2.93. The standard InChI is InChI=1S/C7H4ClIO3/c8-4-1-3(7(11)12)2-5(10)6(4)9/h1-2,10H,(H,11,12). The number of aromatic carboxylic acids is 1. The van der Waals surface area contributed by atoms with Crippen LogP contribution in [0.5, 0.6) is 5.75 Å². The minimum Gasteiger partial charge on any atom is -0.507 e. The van der Waals surface area contributed by atoms with E-state index in [1.54, 1.807) is 0 Å². The molecule has 0 bridgehead atoms. The van der Waals surface area contributed by atoms with Gasteiger partial charge in [-0.2, -0.15) is 0 Å². The lowest BCUT2D eigenvalue weighted by molar-refractivity contribution is 0.0696. The Hall–Kier alpha value is -0.490. The number of carboxylic acid groups (broad SMARTS) is 1. The average molecular weight is 298 g/mol. The van der Waals surface area contributed by atoms with Crippen LogP contribution in [-0.2, 0) is 0 Å². The van der Waals surface area contributed by atoms with Gasteiger partial charge in [-0.1, -0.05) is 11.6 Å². The van der Waals surface area contributed by atoms with Gasteiger partial charge in [0.2, 0.25) is 0 Å². The highest BCUT2D eigenvalue weighted by molar-refractivity contribution is 14.1. The molecular formula is C7H4ClIO3. The van der Waals surface area contributed by atoms with Crippen molar-refractivity contribution < 1.29 is 15.0 Å². The number of benzene rings is 1. The molecule has 0 aliphatic rings. The molecule has 0 atom stereocenters. The number of hydrogen-bond acceptors (Lipinski definition) is 2. The van der Waals surface area contributed by atoms with Crippen LogP contribution in [-0.4, -0.2) is 16.2 Å². The Labute approximate surface area is 87.1 Å². The third-order valence-corrected chi connectivity index (χ3v) is 3.01. The molecule has 3 nitrogen and oxygen atoms in total. The molecule has 0 heterocycles. The van der Waals surface area contributed by atoms with Crippen LogP contribution >= 0.6 is 34.2 Å². The molecule has 0 aliphatic heterocycles. The van der Waals surface area contributed by atoms with Gasteiger partial charge in [-0.15, -0.1) is 0 Å². The van der Waals surface area contributed by atoms with E-state index >= 15 is 0 Å². The zero-order valence-electron chi connectivity index (χ0n) is 5.71. The second-order valence-electron chi connectivity index (χ2n) is 2.10. The fraction of sp³-hybridized carbons (Fsp3) is 0. The van der Waals surface area contributed by atoms with Crippen molar-refractivity contribution in [2.24, 2.45) is 0 Å². The topological polar surface area (TPSA) is 57.5 Å². The number of phenols is 1. The highest BCUT2D eigenvalue weighted by Crippen LogP contribution is 2.28. The fourth-order valence-corrected chi connectivity index (χ4v) is 1.22. The van der Waals surface area contributed by atoms with Crippen LogP contribution in [0.2, 0.25) is 5.02 Å². The average Bonchev–Trinajstić information content (AvgIpc) is 1.99. The van der Waals surface area contributed by atoms with Gasteiger partial charge in [0.05, 0.1) is 14.2 Å². The predicted octanol–water partition coefficient (Wildman–Crippen LogP) is 2.35. The van der Waals surface area contributed by atoms with Crippen LogP contribution in [0.3, 0.4) is 0 Å². The number of hydrogen-bond donors (Lipinski definition) is 2. The molecule has 1 aromatic carbocycles. The molecule has 64 valence electrons. The largest absolute Gasteiger partial charge is 0.507 e. The van der Waals surface area contributed by atoms with Gasteiger partial charge in [-0.3, -0.25) is 0 Å². The minimum atomic E-state index is -1.11. The van der Waals surface area contributed by atoms with Crippen molar-refractivity contribution in [1.29, 1.82) is 0 Å². The summed E-state index contributed by atoms with van der Waals surface area (Å²) in [6, 6.07) is 2.46. The Morgan fingerprint density at radius 1 is 1.50 bits per heavy atom. The van der Waals surface area contributed by atoms with Gasteiger partial charge < -0.3 is 10.2 Å². The van der Waals surface area contributed by atoms with Gasteiger partial charge in [0.1, 0.15) is 5.75 Å². The van der Waals surface area contributed by atoms with Crippen LogP contribution in [0.1, 0.15) is 10.4 Å². The first-order chi connectivity index (χ1) is 5.52. The molecule has 0 saturated carbocycles. The van der Waals surface area contributed by atoms with Gasteiger partial charge >= 0.3 is 5.97 Å². The van der Waals surface area contributed by atoms with E-state index in [-0.39, 0.29) is 16.3 Å². The number of phenolic OH excluding ortho intramolecular Hbond substituents is 1. The van der Waals surface area contributed by atoms with Crippen molar-refractivity contribution >= 4 is 40.2 Å². The van der Waals surface area contributed by atoms with E-state index in [1.165, 1.54) is 6.07 Å². The van der Waals surface area contributed by atoms with Crippen molar-refractivity contribution in [1.82, 2.24) is 0 Å². The van der Waals surface area contributed by atoms with E-state index < -0.39 is 5.97 Å². The molecule has 0 radical (unpaired) electrons. The number of rotatable bonds is 1. The molecule has 1 rings (SSSR count). The third-order valence-electron chi connectivity index (χ3n) is 1.26. The van der Waals surface area contributed by atoms with E-state index in [0.717, 1.165) is 6.07 Å². The number of halogens is 2. The van der Waals surface area contributed by atoms with Crippen LogP contribution in [0.4, 0.5) is 0 Å². The number of carbonyl (C=O) groups is 1. The maximum absolute atomic E-state index is 10.4. The summed E-state index contributed by atoms with van der Waals surface area (Å²) in [4.78, 5) is 10.4. The van der Waals surface area contributed by atoms with Gasteiger partial charge in [0, 0.05) is 0 Å². The number of aromatic hydroxyl groups is 1. The van der Waals surface area contributed by atoms with E-state index in [1.807, 2.05) is 22.6 Å². The van der Waals surface area contributed by atoms with Crippen molar-refractivity contribution in [2.45, 2.75) is 0 Å². The third kappa shape index (κ3) is 1.81. The molecule has 0 saturated heterocycles.